The first-order valence-electron chi connectivity index (χ1n) is 4.54. The van der Waals surface area contributed by atoms with Crippen molar-refractivity contribution in [3.05, 3.63) is 0 Å². The van der Waals surface area contributed by atoms with Crippen LogP contribution in [-0.4, -0.2) is 35.9 Å². The predicted molar refractivity (Wildman–Crippen MR) is 55.5 cm³/mol. The molecule has 0 aliphatic heterocycles. The van der Waals surface area contributed by atoms with E-state index in [-0.39, 0.29) is 5.91 Å². The number of nitrogens with zero attached hydrogens (tertiary/aromatic N) is 1. The van der Waals surface area contributed by atoms with Crippen molar-refractivity contribution >= 4 is 17.7 Å². The standard InChI is InChI=1S/C9H19NOS/c1-4-6-10(3)9(11)8-12-7-5-2/h4-8H2,1-3H3. The van der Waals surface area contributed by atoms with Gasteiger partial charge in [0.2, 0.25) is 5.91 Å². The third kappa shape index (κ3) is 5.47. The second kappa shape index (κ2) is 7.47. The summed E-state index contributed by atoms with van der Waals surface area (Å²) in [6.07, 6.45) is 2.19. The van der Waals surface area contributed by atoms with Crippen molar-refractivity contribution in [3.63, 3.8) is 0 Å². The highest BCUT2D eigenvalue weighted by atomic mass is 32.2. The van der Waals surface area contributed by atoms with Crippen LogP contribution in [-0.2, 0) is 4.79 Å². The van der Waals surface area contributed by atoms with Crippen molar-refractivity contribution in [1.29, 1.82) is 0 Å². The van der Waals surface area contributed by atoms with Gasteiger partial charge in [0.05, 0.1) is 5.75 Å². The Balaban J connectivity index is 3.43. The molecule has 0 aliphatic rings. The van der Waals surface area contributed by atoms with Crippen molar-refractivity contribution in [2.45, 2.75) is 26.7 Å². The SMILES string of the molecule is CCCSCC(=O)N(C)CCC. The lowest BCUT2D eigenvalue weighted by Crippen LogP contribution is -2.28. The average Bonchev–Trinajstić information content (AvgIpc) is 2.05. The zero-order valence-electron chi connectivity index (χ0n) is 8.30. The average molecular weight is 189 g/mol. The van der Waals surface area contributed by atoms with Gasteiger partial charge in [0.15, 0.2) is 0 Å². The Kier molecular flexibility index (Phi) is 7.36. The van der Waals surface area contributed by atoms with Crippen molar-refractivity contribution in [2.24, 2.45) is 0 Å². The third-order valence-electron chi connectivity index (χ3n) is 1.56. The van der Waals surface area contributed by atoms with Crippen LogP contribution < -0.4 is 0 Å². The molecule has 0 rings (SSSR count). The van der Waals surface area contributed by atoms with Gasteiger partial charge in [-0.15, -0.1) is 0 Å². The molecule has 0 aromatic rings. The van der Waals surface area contributed by atoms with Gasteiger partial charge in [-0.3, -0.25) is 4.79 Å². The summed E-state index contributed by atoms with van der Waals surface area (Å²) in [5.74, 6) is 1.99. The fraction of sp³-hybridized carbons (Fsp3) is 0.889. The molecule has 0 saturated heterocycles. The van der Waals surface area contributed by atoms with Crippen LogP contribution in [0.5, 0.6) is 0 Å². The maximum Gasteiger partial charge on any atom is 0.232 e. The van der Waals surface area contributed by atoms with E-state index in [4.69, 9.17) is 0 Å². The number of hydrogen-bond acceptors (Lipinski definition) is 2. The molecule has 0 radical (unpaired) electrons. The molecule has 0 bridgehead atoms. The minimum absolute atomic E-state index is 0.260. The molecule has 72 valence electrons. The number of hydrogen-bond donors (Lipinski definition) is 0. The van der Waals surface area contributed by atoms with Gasteiger partial charge in [0, 0.05) is 13.6 Å². The van der Waals surface area contributed by atoms with Crippen LogP contribution in [0.25, 0.3) is 0 Å². The van der Waals surface area contributed by atoms with E-state index >= 15 is 0 Å². The minimum Gasteiger partial charge on any atom is -0.345 e. The highest BCUT2D eigenvalue weighted by Crippen LogP contribution is 2.03. The summed E-state index contributed by atoms with van der Waals surface area (Å²) in [6.45, 7) is 5.10. The van der Waals surface area contributed by atoms with Gasteiger partial charge in [0.1, 0.15) is 0 Å². The number of rotatable bonds is 6. The van der Waals surface area contributed by atoms with Crippen LogP contribution in [0, 0.1) is 0 Å². The van der Waals surface area contributed by atoms with Crippen LogP contribution in [0.4, 0.5) is 0 Å². The molecule has 0 fully saturated rings. The van der Waals surface area contributed by atoms with Crippen LogP contribution in [0.15, 0.2) is 0 Å². The molecule has 1 amide bonds. The molecule has 0 unspecified atom stereocenters. The predicted octanol–water partition coefficient (Wildman–Crippen LogP) is 2.00. The summed E-state index contributed by atoms with van der Waals surface area (Å²) >= 11 is 1.72. The van der Waals surface area contributed by atoms with Crippen molar-refractivity contribution < 1.29 is 4.79 Å². The Morgan fingerprint density at radius 1 is 1.33 bits per heavy atom. The van der Waals surface area contributed by atoms with Gasteiger partial charge in [-0.2, -0.15) is 11.8 Å². The zero-order chi connectivity index (χ0) is 9.40. The van der Waals surface area contributed by atoms with E-state index in [9.17, 15) is 4.79 Å². The highest BCUT2D eigenvalue weighted by molar-refractivity contribution is 7.99. The quantitative estimate of drug-likeness (QED) is 0.596. The van der Waals surface area contributed by atoms with Gasteiger partial charge < -0.3 is 4.90 Å². The molecule has 0 saturated carbocycles. The van der Waals surface area contributed by atoms with Crippen LogP contribution in [0.1, 0.15) is 26.7 Å². The van der Waals surface area contributed by atoms with Gasteiger partial charge in [-0.05, 0) is 18.6 Å². The Labute approximate surface area is 79.7 Å². The first kappa shape index (κ1) is 11.8. The molecule has 0 aromatic carbocycles. The summed E-state index contributed by atoms with van der Waals surface area (Å²) < 4.78 is 0. The Hall–Kier alpha value is -0.180. The van der Waals surface area contributed by atoms with Crippen molar-refractivity contribution in [3.8, 4) is 0 Å². The first-order chi connectivity index (χ1) is 5.72. The summed E-state index contributed by atoms with van der Waals surface area (Å²) in [4.78, 5) is 13.1. The highest BCUT2D eigenvalue weighted by Gasteiger charge is 2.05. The fourth-order valence-electron chi connectivity index (χ4n) is 0.874. The van der Waals surface area contributed by atoms with Gasteiger partial charge in [-0.25, -0.2) is 0 Å². The summed E-state index contributed by atoms with van der Waals surface area (Å²) in [7, 11) is 1.87. The van der Waals surface area contributed by atoms with Crippen molar-refractivity contribution in [2.75, 3.05) is 25.1 Å². The maximum atomic E-state index is 11.3. The summed E-state index contributed by atoms with van der Waals surface area (Å²) in [5.41, 5.74) is 0. The molecule has 12 heavy (non-hydrogen) atoms. The molecule has 3 heteroatoms. The van der Waals surface area contributed by atoms with Crippen LogP contribution >= 0.6 is 11.8 Å². The molecule has 0 N–H and O–H groups in total. The Bertz CT molecular complexity index is 128. The van der Waals surface area contributed by atoms with Gasteiger partial charge in [-0.1, -0.05) is 13.8 Å². The lowest BCUT2D eigenvalue weighted by atomic mass is 10.4. The molecule has 0 spiro atoms. The largest absolute Gasteiger partial charge is 0.345 e. The Morgan fingerprint density at radius 2 is 2.00 bits per heavy atom. The lowest BCUT2D eigenvalue weighted by molar-refractivity contribution is -0.127. The maximum absolute atomic E-state index is 11.3. The van der Waals surface area contributed by atoms with Gasteiger partial charge in [0.25, 0.3) is 0 Å². The molecular formula is C9H19NOS. The molecule has 2 nitrogen and oxygen atoms in total. The lowest BCUT2D eigenvalue weighted by Gasteiger charge is -2.15. The smallest absolute Gasteiger partial charge is 0.232 e. The minimum atomic E-state index is 0.260. The van der Waals surface area contributed by atoms with Crippen LogP contribution in [0.3, 0.4) is 0 Å². The summed E-state index contributed by atoms with van der Waals surface area (Å²) in [6, 6.07) is 0. The molecule has 0 heterocycles. The van der Waals surface area contributed by atoms with E-state index in [2.05, 4.69) is 13.8 Å². The topological polar surface area (TPSA) is 20.3 Å². The molecule has 0 aromatic heterocycles. The monoisotopic (exact) mass is 189 g/mol. The summed E-state index contributed by atoms with van der Waals surface area (Å²) in [5, 5.41) is 0. The number of carbonyl (C=O) groups is 1. The van der Waals surface area contributed by atoms with E-state index in [1.165, 1.54) is 0 Å². The zero-order valence-corrected chi connectivity index (χ0v) is 9.12. The number of thioether (sulfide) groups is 1. The molecular weight excluding hydrogens is 170 g/mol. The Morgan fingerprint density at radius 3 is 2.50 bits per heavy atom. The second-order valence-corrected chi connectivity index (χ2v) is 3.97. The van der Waals surface area contributed by atoms with Crippen LogP contribution in [0.2, 0.25) is 0 Å². The van der Waals surface area contributed by atoms with E-state index in [1.807, 2.05) is 11.9 Å². The third-order valence-corrected chi connectivity index (χ3v) is 2.71. The number of carbonyl (C=O) groups excluding carboxylic acids is 1. The number of amides is 1. The van der Waals surface area contributed by atoms with E-state index in [0.29, 0.717) is 5.75 Å². The second-order valence-electron chi connectivity index (χ2n) is 2.87. The molecule has 0 aliphatic carbocycles. The van der Waals surface area contributed by atoms with E-state index < -0.39 is 0 Å². The van der Waals surface area contributed by atoms with E-state index in [1.54, 1.807) is 11.8 Å². The van der Waals surface area contributed by atoms with E-state index in [0.717, 1.165) is 25.1 Å². The van der Waals surface area contributed by atoms with Crippen molar-refractivity contribution in [1.82, 2.24) is 4.90 Å². The normalized spacial score (nSPS) is 9.92. The van der Waals surface area contributed by atoms with Gasteiger partial charge >= 0.3 is 0 Å². The molecule has 0 atom stereocenters. The first-order valence-corrected chi connectivity index (χ1v) is 5.69. The fourth-order valence-corrected chi connectivity index (χ4v) is 1.70.